The number of aromatic nitrogens is 4. The van der Waals surface area contributed by atoms with Crippen molar-refractivity contribution in [3.05, 3.63) is 29.7 Å². The molecule has 0 unspecified atom stereocenters. The molecule has 0 aliphatic rings. The molecule has 3 aromatic rings. The van der Waals surface area contributed by atoms with Crippen molar-refractivity contribution < 1.29 is 14.2 Å². The summed E-state index contributed by atoms with van der Waals surface area (Å²) in [5, 5.41) is 7.27. The number of halogens is 1. The summed E-state index contributed by atoms with van der Waals surface area (Å²) >= 11 is 5.88. The molecule has 0 saturated heterocycles. The molecule has 0 fully saturated rings. The molecule has 0 saturated carbocycles. The zero-order valence-corrected chi connectivity index (χ0v) is 12.0. The number of fused-ring (bicyclic) bond motifs is 1. The van der Waals surface area contributed by atoms with Gasteiger partial charge in [-0.05, 0) is 23.7 Å². The lowest BCUT2D eigenvalue weighted by molar-refractivity contribution is 0.343. The summed E-state index contributed by atoms with van der Waals surface area (Å²) in [5.74, 6) is 1.70. The van der Waals surface area contributed by atoms with E-state index in [0.717, 1.165) is 0 Å². The molecule has 7 nitrogen and oxygen atoms in total. The molecule has 0 aliphatic carbocycles. The molecule has 21 heavy (non-hydrogen) atoms. The van der Waals surface area contributed by atoms with Crippen LogP contribution in [0.15, 0.2) is 24.4 Å². The van der Waals surface area contributed by atoms with Gasteiger partial charge in [0.15, 0.2) is 17.1 Å². The van der Waals surface area contributed by atoms with Crippen LogP contribution in [-0.4, -0.2) is 34.4 Å². The summed E-state index contributed by atoms with van der Waals surface area (Å²) in [6.07, 6.45) is 1.56. The molecular weight excluding hydrogens is 296 g/mol. The van der Waals surface area contributed by atoms with E-state index in [1.807, 2.05) is 0 Å². The summed E-state index contributed by atoms with van der Waals surface area (Å²) in [6, 6.07) is 5.31. The fourth-order valence-electron chi connectivity index (χ4n) is 1.87. The second-order valence-electron chi connectivity index (χ2n) is 4.02. The number of para-hydroxylation sites is 1. The van der Waals surface area contributed by atoms with E-state index in [1.54, 1.807) is 38.6 Å². The fourth-order valence-corrected chi connectivity index (χ4v) is 2.04. The van der Waals surface area contributed by atoms with E-state index in [-0.39, 0.29) is 11.2 Å². The Balaban J connectivity index is 2.12. The molecular formula is C13H11ClN4O3. The van der Waals surface area contributed by atoms with Crippen LogP contribution in [0.1, 0.15) is 0 Å². The normalized spacial score (nSPS) is 10.6. The van der Waals surface area contributed by atoms with Gasteiger partial charge in [-0.3, -0.25) is 5.10 Å². The number of aromatic amines is 1. The molecule has 2 aromatic heterocycles. The van der Waals surface area contributed by atoms with Gasteiger partial charge in [0.05, 0.1) is 20.4 Å². The minimum absolute atomic E-state index is 0.0515. The smallest absolute Gasteiger partial charge is 0.235 e. The van der Waals surface area contributed by atoms with E-state index < -0.39 is 0 Å². The third-order valence-electron chi connectivity index (χ3n) is 2.83. The Morgan fingerprint density at radius 1 is 1.10 bits per heavy atom. The summed E-state index contributed by atoms with van der Waals surface area (Å²) < 4.78 is 16.4. The fraction of sp³-hybridized carbons (Fsp3) is 0.154. The Bertz CT molecular complexity index is 768. The first kappa shape index (κ1) is 13.4. The molecule has 0 bridgehead atoms. The Morgan fingerprint density at radius 3 is 2.48 bits per heavy atom. The molecule has 8 heteroatoms. The number of nitrogens with one attached hydrogen (secondary N) is 1. The Hall–Kier alpha value is -2.54. The van der Waals surface area contributed by atoms with Gasteiger partial charge >= 0.3 is 0 Å². The van der Waals surface area contributed by atoms with Crippen molar-refractivity contribution in [2.45, 2.75) is 0 Å². The third-order valence-corrected chi connectivity index (χ3v) is 3.00. The van der Waals surface area contributed by atoms with Crippen LogP contribution in [0, 0.1) is 0 Å². The van der Waals surface area contributed by atoms with Crippen LogP contribution in [0.4, 0.5) is 0 Å². The van der Waals surface area contributed by atoms with Crippen LogP contribution in [0.5, 0.6) is 23.1 Å². The number of hydrogen-bond donors (Lipinski definition) is 1. The topological polar surface area (TPSA) is 82.1 Å². The number of ether oxygens (including phenoxy) is 3. The zero-order valence-electron chi connectivity index (χ0n) is 11.3. The van der Waals surface area contributed by atoms with Crippen molar-refractivity contribution in [1.29, 1.82) is 0 Å². The SMILES string of the molecule is COc1cccc(OC)c1Oc1nc(Cl)nc2[nH]ncc12. The molecule has 0 aliphatic heterocycles. The highest BCUT2D eigenvalue weighted by Crippen LogP contribution is 2.40. The van der Waals surface area contributed by atoms with E-state index in [0.29, 0.717) is 28.3 Å². The van der Waals surface area contributed by atoms with Crippen molar-refractivity contribution in [3.8, 4) is 23.1 Å². The lowest BCUT2D eigenvalue weighted by atomic mass is 10.3. The van der Waals surface area contributed by atoms with Crippen LogP contribution in [0.25, 0.3) is 11.0 Å². The maximum Gasteiger partial charge on any atom is 0.235 e. The minimum atomic E-state index is 0.0515. The third kappa shape index (κ3) is 2.43. The van der Waals surface area contributed by atoms with Gasteiger partial charge in [-0.25, -0.2) is 0 Å². The van der Waals surface area contributed by atoms with Crippen molar-refractivity contribution in [2.75, 3.05) is 14.2 Å². The maximum atomic E-state index is 5.88. The monoisotopic (exact) mass is 306 g/mol. The standard InChI is InChI=1S/C13H11ClN4O3/c1-19-8-4-3-5-9(20-2)10(8)21-12-7-6-15-18-11(7)16-13(14)17-12/h3-6H,1-2H3,(H,15,16,17,18). The number of benzene rings is 1. The van der Waals surface area contributed by atoms with E-state index in [2.05, 4.69) is 20.2 Å². The summed E-state index contributed by atoms with van der Waals surface area (Å²) in [4.78, 5) is 8.10. The van der Waals surface area contributed by atoms with Gasteiger partial charge in [0, 0.05) is 0 Å². The lowest BCUT2D eigenvalue weighted by Gasteiger charge is -2.13. The van der Waals surface area contributed by atoms with Gasteiger partial charge in [0.2, 0.25) is 16.9 Å². The van der Waals surface area contributed by atoms with Crippen LogP contribution in [0.3, 0.4) is 0 Å². The lowest BCUT2D eigenvalue weighted by Crippen LogP contribution is -1.97. The van der Waals surface area contributed by atoms with Gasteiger partial charge < -0.3 is 14.2 Å². The van der Waals surface area contributed by atoms with Crippen molar-refractivity contribution >= 4 is 22.6 Å². The molecule has 0 spiro atoms. The van der Waals surface area contributed by atoms with Crippen molar-refractivity contribution in [2.24, 2.45) is 0 Å². The predicted octanol–water partition coefficient (Wildman–Crippen LogP) is 2.82. The summed E-state index contributed by atoms with van der Waals surface area (Å²) in [5.41, 5.74) is 0.485. The quantitative estimate of drug-likeness (QED) is 0.746. The van der Waals surface area contributed by atoms with E-state index in [9.17, 15) is 0 Å². The first-order valence-corrected chi connectivity index (χ1v) is 6.36. The molecule has 2 heterocycles. The highest BCUT2D eigenvalue weighted by molar-refractivity contribution is 6.28. The van der Waals surface area contributed by atoms with Gasteiger partial charge in [-0.1, -0.05) is 6.07 Å². The van der Waals surface area contributed by atoms with Crippen LogP contribution in [-0.2, 0) is 0 Å². The predicted molar refractivity (Wildman–Crippen MR) is 76.3 cm³/mol. The zero-order chi connectivity index (χ0) is 14.8. The van der Waals surface area contributed by atoms with Gasteiger partial charge in [-0.15, -0.1) is 0 Å². The molecule has 1 aromatic carbocycles. The van der Waals surface area contributed by atoms with Crippen LogP contribution >= 0.6 is 11.6 Å². The first-order chi connectivity index (χ1) is 10.2. The molecule has 108 valence electrons. The largest absolute Gasteiger partial charge is 0.493 e. The summed E-state index contributed by atoms with van der Waals surface area (Å²) in [6.45, 7) is 0. The number of H-pyrrole nitrogens is 1. The van der Waals surface area contributed by atoms with Crippen LogP contribution < -0.4 is 14.2 Å². The van der Waals surface area contributed by atoms with Crippen molar-refractivity contribution in [1.82, 2.24) is 20.2 Å². The highest BCUT2D eigenvalue weighted by atomic mass is 35.5. The Kier molecular flexibility index (Phi) is 3.49. The molecule has 0 atom stereocenters. The Morgan fingerprint density at radius 2 is 1.81 bits per heavy atom. The minimum Gasteiger partial charge on any atom is -0.493 e. The second kappa shape index (κ2) is 5.45. The van der Waals surface area contributed by atoms with E-state index in [4.69, 9.17) is 25.8 Å². The van der Waals surface area contributed by atoms with E-state index >= 15 is 0 Å². The maximum absolute atomic E-state index is 5.88. The van der Waals surface area contributed by atoms with E-state index in [1.165, 1.54) is 0 Å². The van der Waals surface area contributed by atoms with Gasteiger partial charge in [-0.2, -0.15) is 15.1 Å². The van der Waals surface area contributed by atoms with Crippen molar-refractivity contribution in [3.63, 3.8) is 0 Å². The molecule has 0 radical (unpaired) electrons. The number of nitrogens with zero attached hydrogens (tertiary/aromatic N) is 3. The highest BCUT2D eigenvalue weighted by Gasteiger charge is 2.17. The average Bonchev–Trinajstić information content (AvgIpc) is 2.95. The van der Waals surface area contributed by atoms with Gasteiger partial charge in [0.1, 0.15) is 5.39 Å². The van der Waals surface area contributed by atoms with Gasteiger partial charge in [0.25, 0.3) is 0 Å². The number of methoxy groups -OCH3 is 2. The number of hydrogen-bond acceptors (Lipinski definition) is 6. The second-order valence-corrected chi connectivity index (χ2v) is 4.36. The molecule has 3 rings (SSSR count). The number of rotatable bonds is 4. The summed E-state index contributed by atoms with van der Waals surface area (Å²) in [7, 11) is 3.09. The van der Waals surface area contributed by atoms with Crippen LogP contribution in [0.2, 0.25) is 5.28 Å². The Labute approximate surface area is 124 Å². The molecule has 0 amide bonds. The molecule has 1 N–H and O–H groups in total. The average molecular weight is 307 g/mol. The first-order valence-electron chi connectivity index (χ1n) is 5.98.